The average molecular weight is 410 g/mol. The molecule has 4 atom stereocenters. The minimum Gasteiger partial charge on any atom is -0.480 e. The maximum atomic E-state index is 12.7. The molecule has 3 amide bonds. The SMILES string of the molecule is CC(C)CC(NC(=O)C(C)NC(=O)C(C)N)C(=O)NC(Cc1cnc[nH]1)C(=O)O. The van der Waals surface area contributed by atoms with E-state index in [-0.39, 0.29) is 12.3 Å². The standard InChI is InChI=1S/C18H30N6O5/c1-9(2)5-13(23-16(26)11(4)22-15(25)10(3)19)17(27)24-14(18(28)29)6-12-7-20-8-21-12/h7-11,13-14H,5-6,19H2,1-4H3,(H,20,21)(H,22,25)(H,23,26)(H,24,27)(H,28,29). The maximum Gasteiger partial charge on any atom is 0.326 e. The Morgan fingerprint density at radius 3 is 2.14 bits per heavy atom. The van der Waals surface area contributed by atoms with Crippen molar-refractivity contribution in [1.82, 2.24) is 25.9 Å². The molecule has 4 unspecified atom stereocenters. The molecule has 0 spiro atoms. The molecule has 0 aliphatic heterocycles. The number of aromatic amines is 1. The Morgan fingerprint density at radius 2 is 1.66 bits per heavy atom. The third-order valence-corrected chi connectivity index (χ3v) is 4.10. The van der Waals surface area contributed by atoms with Crippen molar-refractivity contribution in [2.75, 3.05) is 0 Å². The van der Waals surface area contributed by atoms with Crippen molar-refractivity contribution < 1.29 is 24.3 Å². The van der Waals surface area contributed by atoms with Crippen LogP contribution < -0.4 is 21.7 Å². The highest BCUT2D eigenvalue weighted by atomic mass is 16.4. The number of nitrogens with one attached hydrogen (secondary N) is 4. The van der Waals surface area contributed by atoms with Gasteiger partial charge in [0.2, 0.25) is 17.7 Å². The molecule has 0 saturated heterocycles. The molecule has 162 valence electrons. The molecule has 1 aromatic heterocycles. The van der Waals surface area contributed by atoms with Gasteiger partial charge >= 0.3 is 5.97 Å². The molecular weight excluding hydrogens is 380 g/mol. The van der Waals surface area contributed by atoms with Crippen LogP contribution >= 0.6 is 0 Å². The lowest BCUT2D eigenvalue weighted by Crippen LogP contribution is -2.56. The smallest absolute Gasteiger partial charge is 0.326 e. The number of H-pyrrole nitrogens is 1. The number of nitrogens with zero attached hydrogens (tertiary/aromatic N) is 1. The Balaban J connectivity index is 2.81. The van der Waals surface area contributed by atoms with Gasteiger partial charge in [0.1, 0.15) is 18.1 Å². The molecule has 1 heterocycles. The summed E-state index contributed by atoms with van der Waals surface area (Å²) in [7, 11) is 0. The van der Waals surface area contributed by atoms with E-state index in [4.69, 9.17) is 5.73 Å². The minimum absolute atomic E-state index is 0.0181. The third-order valence-electron chi connectivity index (χ3n) is 4.10. The predicted octanol–water partition coefficient (Wildman–Crippen LogP) is -1.10. The zero-order valence-electron chi connectivity index (χ0n) is 17.1. The van der Waals surface area contributed by atoms with E-state index >= 15 is 0 Å². The number of hydrogen-bond donors (Lipinski definition) is 6. The Bertz CT molecular complexity index is 704. The first-order valence-corrected chi connectivity index (χ1v) is 9.38. The van der Waals surface area contributed by atoms with Gasteiger partial charge in [0.25, 0.3) is 0 Å². The van der Waals surface area contributed by atoms with E-state index in [1.807, 2.05) is 13.8 Å². The normalized spacial score (nSPS) is 15.1. The second-order valence-electron chi connectivity index (χ2n) is 7.39. The second-order valence-corrected chi connectivity index (χ2v) is 7.39. The van der Waals surface area contributed by atoms with Crippen molar-refractivity contribution in [3.05, 3.63) is 18.2 Å². The first kappa shape index (κ1) is 24.1. The number of carboxylic acids is 1. The highest BCUT2D eigenvalue weighted by Crippen LogP contribution is 2.07. The summed E-state index contributed by atoms with van der Waals surface area (Å²) >= 11 is 0. The Morgan fingerprint density at radius 1 is 1.03 bits per heavy atom. The number of carbonyl (C=O) groups is 4. The Labute approximate surface area is 169 Å². The van der Waals surface area contributed by atoms with Gasteiger partial charge in [-0.1, -0.05) is 13.8 Å². The van der Waals surface area contributed by atoms with Crippen molar-refractivity contribution in [3.63, 3.8) is 0 Å². The second kappa shape index (κ2) is 11.1. The van der Waals surface area contributed by atoms with Crippen molar-refractivity contribution in [3.8, 4) is 0 Å². The largest absolute Gasteiger partial charge is 0.480 e. The van der Waals surface area contributed by atoms with Crippen molar-refractivity contribution in [2.45, 2.75) is 64.7 Å². The Kier molecular flexibility index (Phi) is 9.26. The number of carbonyl (C=O) groups excluding carboxylic acids is 3. The maximum absolute atomic E-state index is 12.7. The molecule has 0 bridgehead atoms. The molecule has 11 nitrogen and oxygen atoms in total. The monoisotopic (exact) mass is 410 g/mol. The van der Waals surface area contributed by atoms with Crippen LogP contribution in [0.3, 0.4) is 0 Å². The molecule has 0 radical (unpaired) electrons. The molecular formula is C18H30N6O5. The number of imidazole rings is 1. The number of aromatic nitrogens is 2. The van der Waals surface area contributed by atoms with Gasteiger partial charge in [-0.25, -0.2) is 9.78 Å². The zero-order valence-corrected chi connectivity index (χ0v) is 17.1. The van der Waals surface area contributed by atoms with Crippen molar-refractivity contribution in [1.29, 1.82) is 0 Å². The number of nitrogens with two attached hydrogens (primary N) is 1. The summed E-state index contributed by atoms with van der Waals surface area (Å²) in [4.78, 5) is 54.9. The van der Waals surface area contributed by atoms with E-state index in [0.717, 1.165) is 0 Å². The molecule has 0 fully saturated rings. The van der Waals surface area contributed by atoms with Gasteiger partial charge in [-0.05, 0) is 26.2 Å². The zero-order chi connectivity index (χ0) is 22.1. The van der Waals surface area contributed by atoms with Crippen LogP contribution in [0.2, 0.25) is 0 Å². The van der Waals surface area contributed by atoms with E-state index in [9.17, 15) is 24.3 Å². The topological polar surface area (TPSA) is 179 Å². The number of hydrogen-bond acceptors (Lipinski definition) is 6. The quantitative estimate of drug-likeness (QED) is 0.268. The van der Waals surface area contributed by atoms with Crippen LogP contribution in [0.1, 0.15) is 39.8 Å². The molecule has 29 heavy (non-hydrogen) atoms. The van der Waals surface area contributed by atoms with E-state index < -0.39 is 47.9 Å². The Hall–Kier alpha value is -2.95. The molecule has 0 aliphatic rings. The fourth-order valence-corrected chi connectivity index (χ4v) is 2.50. The van der Waals surface area contributed by atoms with Gasteiger partial charge in [0.15, 0.2) is 0 Å². The molecule has 11 heteroatoms. The van der Waals surface area contributed by atoms with Crippen LogP contribution in [0.4, 0.5) is 0 Å². The summed E-state index contributed by atoms with van der Waals surface area (Å²) < 4.78 is 0. The van der Waals surface area contributed by atoms with Crippen LogP contribution in [0, 0.1) is 5.92 Å². The fourth-order valence-electron chi connectivity index (χ4n) is 2.50. The number of amides is 3. The number of carboxylic acid groups (broad SMARTS) is 1. The van der Waals surface area contributed by atoms with E-state index in [1.165, 1.54) is 26.4 Å². The summed E-state index contributed by atoms with van der Waals surface area (Å²) in [5.41, 5.74) is 6.02. The molecule has 0 aliphatic carbocycles. The van der Waals surface area contributed by atoms with Crippen LogP contribution in [0.25, 0.3) is 0 Å². The first-order chi connectivity index (χ1) is 13.5. The third kappa shape index (κ3) is 8.30. The van der Waals surface area contributed by atoms with Crippen LogP contribution in [0.5, 0.6) is 0 Å². The predicted molar refractivity (Wildman–Crippen MR) is 104 cm³/mol. The average Bonchev–Trinajstić information content (AvgIpc) is 3.12. The van der Waals surface area contributed by atoms with E-state index in [0.29, 0.717) is 12.1 Å². The van der Waals surface area contributed by atoms with Crippen LogP contribution in [-0.4, -0.2) is 62.9 Å². The van der Waals surface area contributed by atoms with Crippen LogP contribution in [-0.2, 0) is 25.6 Å². The van der Waals surface area contributed by atoms with Gasteiger partial charge < -0.3 is 31.8 Å². The summed E-state index contributed by atoms with van der Waals surface area (Å²) in [6, 6.07) is -3.83. The van der Waals surface area contributed by atoms with Crippen LogP contribution in [0.15, 0.2) is 12.5 Å². The van der Waals surface area contributed by atoms with Crippen molar-refractivity contribution in [2.24, 2.45) is 11.7 Å². The number of aliphatic carboxylic acids is 1. The summed E-state index contributed by atoms with van der Waals surface area (Å²) in [6.07, 6.45) is 3.19. The fraction of sp³-hybridized carbons (Fsp3) is 0.611. The van der Waals surface area contributed by atoms with E-state index in [1.54, 1.807) is 0 Å². The summed E-state index contributed by atoms with van der Waals surface area (Å²) in [5.74, 6) is -2.84. The summed E-state index contributed by atoms with van der Waals surface area (Å²) in [5, 5.41) is 16.9. The molecule has 7 N–H and O–H groups in total. The van der Waals surface area contributed by atoms with Crippen molar-refractivity contribution >= 4 is 23.7 Å². The molecule has 1 rings (SSSR count). The molecule has 0 saturated carbocycles. The van der Waals surface area contributed by atoms with Gasteiger partial charge in [-0.15, -0.1) is 0 Å². The molecule has 1 aromatic rings. The lowest BCUT2D eigenvalue weighted by Gasteiger charge is -2.24. The first-order valence-electron chi connectivity index (χ1n) is 9.38. The highest BCUT2D eigenvalue weighted by molar-refractivity contribution is 5.93. The van der Waals surface area contributed by atoms with Gasteiger partial charge in [-0.2, -0.15) is 0 Å². The van der Waals surface area contributed by atoms with Gasteiger partial charge in [0, 0.05) is 18.3 Å². The van der Waals surface area contributed by atoms with E-state index in [2.05, 4.69) is 25.9 Å². The lowest BCUT2D eigenvalue weighted by molar-refractivity contribution is -0.142. The van der Waals surface area contributed by atoms with Gasteiger partial charge in [0.05, 0.1) is 12.4 Å². The minimum atomic E-state index is -1.21. The lowest BCUT2D eigenvalue weighted by atomic mass is 10.0. The molecule has 0 aromatic carbocycles. The highest BCUT2D eigenvalue weighted by Gasteiger charge is 2.29. The number of rotatable bonds is 11. The van der Waals surface area contributed by atoms with Gasteiger partial charge in [-0.3, -0.25) is 14.4 Å². The summed E-state index contributed by atoms with van der Waals surface area (Å²) in [6.45, 7) is 6.69.